The number of carbonyl (C=O) groups excluding carboxylic acids is 1. The van der Waals surface area contributed by atoms with Crippen molar-refractivity contribution in [3.05, 3.63) is 78.8 Å². The van der Waals surface area contributed by atoms with Gasteiger partial charge in [-0.15, -0.1) is 10.2 Å². The fourth-order valence-electron chi connectivity index (χ4n) is 4.94. The van der Waals surface area contributed by atoms with Gasteiger partial charge in [-0.1, -0.05) is 42.1 Å². The molecule has 1 saturated heterocycles. The van der Waals surface area contributed by atoms with Crippen molar-refractivity contribution in [3.8, 4) is 0 Å². The predicted molar refractivity (Wildman–Crippen MR) is 130 cm³/mol. The number of rotatable bonds is 4. The van der Waals surface area contributed by atoms with Gasteiger partial charge in [0.1, 0.15) is 5.82 Å². The van der Waals surface area contributed by atoms with Gasteiger partial charge in [-0.25, -0.2) is 0 Å². The lowest BCUT2D eigenvalue weighted by atomic mass is 9.97. The van der Waals surface area contributed by atoms with Crippen LogP contribution in [-0.2, 0) is 4.79 Å². The van der Waals surface area contributed by atoms with Crippen LogP contribution < -0.4 is 4.90 Å². The van der Waals surface area contributed by atoms with Crippen LogP contribution in [0.25, 0.3) is 5.65 Å². The zero-order valence-electron chi connectivity index (χ0n) is 18.3. The van der Waals surface area contributed by atoms with Crippen molar-refractivity contribution in [3.63, 3.8) is 0 Å². The van der Waals surface area contributed by atoms with E-state index in [-0.39, 0.29) is 11.8 Å². The van der Waals surface area contributed by atoms with E-state index >= 15 is 0 Å². The zero-order chi connectivity index (χ0) is 22.2. The van der Waals surface area contributed by atoms with Gasteiger partial charge in [-0.3, -0.25) is 9.20 Å². The number of piperidine rings is 1. The first-order chi connectivity index (χ1) is 16.3. The van der Waals surface area contributed by atoms with Crippen LogP contribution >= 0.6 is 11.8 Å². The first-order valence-electron chi connectivity index (χ1n) is 11.5. The molecule has 0 saturated carbocycles. The Hall–Kier alpha value is -3.32. The molecule has 6 rings (SSSR count). The van der Waals surface area contributed by atoms with E-state index in [1.54, 1.807) is 11.8 Å². The molecule has 0 bridgehead atoms. The average molecular weight is 456 g/mol. The second-order valence-corrected chi connectivity index (χ2v) is 9.69. The predicted octanol–water partition coefficient (Wildman–Crippen LogP) is 5.13. The third kappa shape index (κ3) is 3.76. The Morgan fingerprint density at radius 2 is 1.67 bits per heavy atom. The number of pyridine rings is 1. The summed E-state index contributed by atoms with van der Waals surface area (Å²) in [6, 6.07) is 22.8. The largest absolute Gasteiger partial charge is 0.342 e. The van der Waals surface area contributed by atoms with Gasteiger partial charge < -0.3 is 9.80 Å². The van der Waals surface area contributed by atoms with E-state index < -0.39 is 0 Å². The van der Waals surface area contributed by atoms with Crippen LogP contribution in [-0.4, -0.2) is 45.0 Å². The molecule has 2 aromatic carbocycles. The summed E-state index contributed by atoms with van der Waals surface area (Å²) in [5.41, 5.74) is 3.22. The van der Waals surface area contributed by atoms with Gasteiger partial charge in [-0.05, 0) is 49.2 Å². The molecular formula is C26H25N5OS. The van der Waals surface area contributed by atoms with E-state index in [1.807, 2.05) is 29.3 Å². The lowest BCUT2D eigenvalue weighted by molar-refractivity contribution is -0.132. The van der Waals surface area contributed by atoms with Crippen LogP contribution in [0.4, 0.5) is 11.4 Å². The van der Waals surface area contributed by atoms with Gasteiger partial charge in [0, 0.05) is 48.0 Å². The summed E-state index contributed by atoms with van der Waals surface area (Å²) in [6.07, 6.45) is 4.52. The van der Waals surface area contributed by atoms with Gasteiger partial charge in [0.2, 0.25) is 5.91 Å². The highest BCUT2D eigenvalue weighted by atomic mass is 32.2. The van der Waals surface area contributed by atoms with Crippen molar-refractivity contribution in [2.45, 2.75) is 35.0 Å². The second-order valence-electron chi connectivity index (χ2n) is 8.61. The summed E-state index contributed by atoms with van der Waals surface area (Å²) in [5.74, 6) is 1.38. The van der Waals surface area contributed by atoms with Gasteiger partial charge >= 0.3 is 0 Å². The van der Waals surface area contributed by atoms with Crippen molar-refractivity contribution in [2.75, 3.05) is 24.5 Å². The maximum atomic E-state index is 13.3. The Kier molecular flexibility index (Phi) is 5.26. The molecule has 4 heterocycles. The molecule has 1 fully saturated rings. The quantitative estimate of drug-likeness (QED) is 0.427. The molecule has 2 aromatic heterocycles. The van der Waals surface area contributed by atoms with Gasteiger partial charge in [0.15, 0.2) is 5.65 Å². The molecule has 1 unspecified atom stereocenters. The van der Waals surface area contributed by atoms with E-state index in [4.69, 9.17) is 0 Å². The Bertz CT molecular complexity index is 1270. The van der Waals surface area contributed by atoms with Crippen molar-refractivity contribution < 1.29 is 4.79 Å². The highest BCUT2D eigenvalue weighted by molar-refractivity contribution is 7.99. The Labute approximate surface area is 197 Å². The number of hydrogen-bond acceptors (Lipinski definition) is 5. The van der Waals surface area contributed by atoms with Gasteiger partial charge in [-0.2, -0.15) is 0 Å². The summed E-state index contributed by atoms with van der Waals surface area (Å²) in [6.45, 7) is 2.19. The third-order valence-electron chi connectivity index (χ3n) is 6.56. The van der Waals surface area contributed by atoms with Crippen molar-refractivity contribution in [2.24, 2.45) is 0 Å². The van der Waals surface area contributed by atoms with Crippen LogP contribution in [0.2, 0.25) is 0 Å². The first-order valence-corrected chi connectivity index (χ1v) is 12.3. The maximum absolute atomic E-state index is 13.3. The first kappa shape index (κ1) is 20.3. The highest BCUT2D eigenvalue weighted by Crippen LogP contribution is 2.47. The molecule has 0 spiro atoms. The molecule has 7 heteroatoms. The third-order valence-corrected chi connectivity index (χ3v) is 7.69. The topological polar surface area (TPSA) is 53.7 Å². The number of anilines is 2. The van der Waals surface area contributed by atoms with Crippen molar-refractivity contribution in [1.82, 2.24) is 19.5 Å². The number of benzene rings is 2. The van der Waals surface area contributed by atoms with E-state index in [2.05, 4.69) is 68.0 Å². The minimum absolute atomic E-state index is 0.210. The van der Waals surface area contributed by atoms with Crippen LogP contribution in [0.15, 0.2) is 82.7 Å². The number of para-hydroxylation sites is 2. The number of nitrogens with zero attached hydrogens (tertiary/aromatic N) is 5. The molecule has 0 aliphatic carbocycles. The van der Waals surface area contributed by atoms with Crippen LogP contribution in [0.5, 0.6) is 0 Å². The fraction of sp³-hybridized carbons (Fsp3) is 0.269. The summed E-state index contributed by atoms with van der Waals surface area (Å²) in [5, 5.41) is 8.75. The molecule has 2 aliphatic rings. The SMILES string of the molecule is O=C(CCN1c2ccccc2Sc2ccccc21)N1CCCC(c2nnc3ccccn23)C1. The van der Waals surface area contributed by atoms with Crippen molar-refractivity contribution in [1.29, 1.82) is 0 Å². The average Bonchev–Trinajstić information content (AvgIpc) is 3.31. The number of amides is 1. The van der Waals surface area contributed by atoms with E-state index in [1.165, 1.54) is 21.2 Å². The lowest BCUT2D eigenvalue weighted by Crippen LogP contribution is -2.40. The Morgan fingerprint density at radius 3 is 2.45 bits per heavy atom. The number of fused-ring (bicyclic) bond motifs is 3. The maximum Gasteiger partial charge on any atom is 0.224 e. The Balaban J connectivity index is 1.18. The zero-order valence-corrected chi connectivity index (χ0v) is 19.1. The normalized spacial score (nSPS) is 17.6. The molecule has 6 nitrogen and oxygen atoms in total. The minimum atomic E-state index is 0.210. The molecule has 1 atom stereocenters. The van der Waals surface area contributed by atoms with Crippen LogP contribution in [0, 0.1) is 0 Å². The fourth-order valence-corrected chi connectivity index (χ4v) is 6.04. The number of hydrogen-bond donors (Lipinski definition) is 0. The minimum Gasteiger partial charge on any atom is -0.342 e. The van der Waals surface area contributed by atoms with Crippen molar-refractivity contribution >= 4 is 34.7 Å². The van der Waals surface area contributed by atoms with Gasteiger partial charge in [0.05, 0.1) is 11.4 Å². The molecule has 0 radical (unpaired) electrons. The monoisotopic (exact) mass is 455 g/mol. The summed E-state index contributed by atoms with van der Waals surface area (Å²) in [7, 11) is 0. The molecule has 4 aromatic rings. The molecule has 166 valence electrons. The highest BCUT2D eigenvalue weighted by Gasteiger charge is 2.29. The molecule has 0 N–H and O–H groups in total. The summed E-state index contributed by atoms with van der Waals surface area (Å²) in [4.78, 5) is 20.1. The smallest absolute Gasteiger partial charge is 0.224 e. The standard InChI is InChI=1S/C26H25N5OS/c32-25(29-15-7-8-19(18-29)26-28-27-24-13-5-6-16-31(24)26)14-17-30-20-9-1-3-11-22(20)33-23-12-4-2-10-21(23)30/h1-6,9-13,16,19H,7-8,14-15,17-18H2. The van der Waals surface area contributed by atoms with Crippen LogP contribution in [0.1, 0.15) is 31.0 Å². The van der Waals surface area contributed by atoms with E-state index in [0.717, 1.165) is 30.9 Å². The van der Waals surface area contributed by atoms with Crippen LogP contribution in [0.3, 0.4) is 0 Å². The van der Waals surface area contributed by atoms with E-state index in [9.17, 15) is 4.79 Å². The molecule has 33 heavy (non-hydrogen) atoms. The molecule has 1 amide bonds. The van der Waals surface area contributed by atoms with E-state index in [0.29, 0.717) is 19.5 Å². The summed E-state index contributed by atoms with van der Waals surface area (Å²) < 4.78 is 2.05. The molecule has 2 aliphatic heterocycles. The lowest BCUT2D eigenvalue weighted by Gasteiger charge is -2.35. The second kappa shape index (κ2) is 8.56. The Morgan fingerprint density at radius 1 is 0.939 bits per heavy atom. The van der Waals surface area contributed by atoms with Gasteiger partial charge in [0.25, 0.3) is 0 Å². The molecular weight excluding hydrogens is 430 g/mol. The summed E-state index contributed by atoms with van der Waals surface area (Å²) >= 11 is 1.80. The number of likely N-dealkylation sites (tertiary alicyclic amines) is 1. The number of carbonyl (C=O) groups is 1. The number of aromatic nitrogens is 3.